The van der Waals surface area contributed by atoms with E-state index >= 15 is 0 Å². The van der Waals surface area contributed by atoms with Crippen molar-refractivity contribution in [2.45, 2.75) is 12.1 Å². The monoisotopic (exact) mass is 292 g/mol. The van der Waals surface area contributed by atoms with Gasteiger partial charge in [0.25, 0.3) is 5.56 Å². The highest BCUT2D eigenvalue weighted by Gasteiger charge is 2.08. The molecule has 0 saturated heterocycles. The van der Waals surface area contributed by atoms with E-state index in [1.165, 1.54) is 6.07 Å². The molecule has 0 spiro atoms. The lowest BCUT2D eigenvalue weighted by molar-refractivity contribution is -0.113. The highest BCUT2D eigenvalue weighted by Crippen LogP contribution is 2.21. The predicted octanol–water partition coefficient (Wildman–Crippen LogP) is 0.910. The number of hydrogen-bond donors (Lipinski definition) is 3. The average molecular weight is 292 g/mol. The first kappa shape index (κ1) is 14.1. The van der Waals surface area contributed by atoms with E-state index in [9.17, 15) is 14.7 Å². The van der Waals surface area contributed by atoms with Crippen LogP contribution in [-0.2, 0) is 4.79 Å². The second-order valence-corrected chi connectivity index (χ2v) is 4.86. The molecule has 0 aliphatic rings. The van der Waals surface area contributed by atoms with Crippen LogP contribution in [0.3, 0.4) is 0 Å². The Bertz CT molecular complexity index is 686. The third-order valence-corrected chi connectivity index (χ3v) is 3.22. The van der Waals surface area contributed by atoms with Crippen molar-refractivity contribution in [1.29, 1.82) is 0 Å². The molecule has 2 aromatic rings. The van der Waals surface area contributed by atoms with Gasteiger partial charge >= 0.3 is 0 Å². The minimum atomic E-state index is -0.330. The van der Waals surface area contributed by atoms with Crippen molar-refractivity contribution >= 4 is 23.4 Å². The number of H-pyrrole nitrogens is 1. The molecule has 1 aromatic carbocycles. The third kappa shape index (κ3) is 3.58. The SMILES string of the molecule is Cc1nnc(SCC(=O)Nc2ccccc2O)[nH]c1=O. The molecule has 0 saturated carbocycles. The maximum absolute atomic E-state index is 11.7. The van der Waals surface area contributed by atoms with Crippen LogP contribution in [0.5, 0.6) is 5.75 Å². The Morgan fingerprint density at radius 1 is 1.40 bits per heavy atom. The second-order valence-electron chi connectivity index (χ2n) is 3.90. The molecule has 1 aromatic heterocycles. The Kier molecular flexibility index (Phi) is 4.36. The van der Waals surface area contributed by atoms with Crippen LogP contribution in [0.25, 0.3) is 0 Å². The lowest BCUT2D eigenvalue weighted by atomic mass is 10.3. The van der Waals surface area contributed by atoms with E-state index in [1.807, 2.05) is 0 Å². The zero-order chi connectivity index (χ0) is 14.5. The molecule has 3 N–H and O–H groups in total. The number of aromatic amines is 1. The Hall–Kier alpha value is -2.35. The fraction of sp³-hybridized carbons (Fsp3) is 0.167. The molecular weight excluding hydrogens is 280 g/mol. The van der Waals surface area contributed by atoms with Gasteiger partial charge in [-0.25, -0.2) is 0 Å². The summed E-state index contributed by atoms with van der Waals surface area (Å²) < 4.78 is 0. The summed E-state index contributed by atoms with van der Waals surface area (Å²) in [5, 5.41) is 19.8. The summed E-state index contributed by atoms with van der Waals surface area (Å²) in [6.07, 6.45) is 0. The molecule has 0 aliphatic heterocycles. The highest BCUT2D eigenvalue weighted by molar-refractivity contribution is 7.99. The number of hydrogen-bond acceptors (Lipinski definition) is 6. The van der Waals surface area contributed by atoms with Crippen molar-refractivity contribution in [3.63, 3.8) is 0 Å². The van der Waals surface area contributed by atoms with Gasteiger partial charge in [-0.3, -0.25) is 14.6 Å². The molecule has 1 heterocycles. The average Bonchev–Trinajstić information content (AvgIpc) is 2.43. The van der Waals surface area contributed by atoms with Gasteiger partial charge in [0.15, 0.2) is 5.16 Å². The maximum atomic E-state index is 11.7. The Balaban J connectivity index is 1.94. The smallest absolute Gasteiger partial charge is 0.273 e. The Morgan fingerprint density at radius 2 is 2.15 bits per heavy atom. The molecule has 0 unspecified atom stereocenters. The molecule has 0 fully saturated rings. The molecule has 0 atom stereocenters. The zero-order valence-electron chi connectivity index (χ0n) is 10.6. The van der Waals surface area contributed by atoms with Gasteiger partial charge in [0.1, 0.15) is 11.4 Å². The topological polar surface area (TPSA) is 108 Å². The van der Waals surface area contributed by atoms with Crippen molar-refractivity contribution in [3.8, 4) is 5.75 Å². The number of nitrogens with one attached hydrogen (secondary N) is 2. The minimum Gasteiger partial charge on any atom is -0.506 e. The number of phenols is 1. The number of phenolic OH excluding ortho intramolecular Hbond substituents is 1. The number of aromatic hydroxyl groups is 1. The fourth-order valence-electron chi connectivity index (χ4n) is 1.34. The van der Waals surface area contributed by atoms with Gasteiger partial charge in [0.05, 0.1) is 11.4 Å². The number of nitrogens with zero attached hydrogens (tertiary/aromatic N) is 2. The summed E-state index contributed by atoms with van der Waals surface area (Å²) >= 11 is 1.05. The minimum absolute atomic E-state index is 0.00520. The summed E-state index contributed by atoms with van der Waals surface area (Å²) in [5.74, 6) is -0.281. The van der Waals surface area contributed by atoms with Crippen molar-refractivity contribution in [3.05, 3.63) is 40.3 Å². The number of aromatic nitrogens is 3. The van der Waals surface area contributed by atoms with Crippen molar-refractivity contribution in [2.24, 2.45) is 0 Å². The summed E-state index contributed by atoms with van der Waals surface area (Å²) in [6.45, 7) is 1.55. The van der Waals surface area contributed by atoms with E-state index in [1.54, 1.807) is 25.1 Å². The van der Waals surface area contributed by atoms with E-state index in [-0.39, 0.29) is 33.8 Å². The van der Waals surface area contributed by atoms with Crippen molar-refractivity contribution in [2.75, 3.05) is 11.1 Å². The van der Waals surface area contributed by atoms with Gasteiger partial charge in [-0.15, -0.1) is 10.2 Å². The largest absolute Gasteiger partial charge is 0.506 e. The zero-order valence-corrected chi connectivity index (χ0v) is 11.4. The van der Waals surface area contributed by atoms with Crippen molar-refractivity contribution in [1.82, 2.24) is 15.2 Å². The molecule has 7 nitrogen and oxygen atoms in total. The van der Waals surface area contributed by atoms with E-state index < -0.39 is 0 Å². The number of amides is 1. The highest BCUT2D eigenvalue weighted by atomic mass is 32.2. The number of carbonyl (C=O) groups excluding carboxylic acids is 1. The quantitative estimate of drug-likeness (QED) is 0.571. The van der Waals surface area contributed by atoms with E-state index in [4.69, 9.17) is 0 Å². The first-order valence-electron chi connectivity index (χ1n) is 5.70. The molecule has 0 bridgehead atoms. The molecule has 0 aliphatic carbocycles. The summed E-state index contributed by atoms with van der Waals surface area (Å²) in [4.78, 5) is 25.5. The number of aryl methyl sites for hydroxylation is 1. The molecule has 104 valence electrons. The number of para-hydroxylation sites is 2. The maximum Gasteiger partial charge on any atom is 0.273 e. The molecule has 0 radical (unpaired) electrons. The summed E-state index contributed by atoms with van der Waals surface area (Å²) in [6, 6.07) is 6.43. The van der Waals surface area contributed by atoms with Crippen molar-refractivity contribution < 1.29 is 9.90 Å². The van der Waals surface area contributed by atoms with E-state index in [2.05, 4.69) is 20.5 Å². The van der Waals surface area contributed by atoms with E-state index in [0.717, 1.165) is 11.8 Å². The van der Waals surface area contributed by atoms with Crippen LogP contribution in [0.4, 0.5) is 5.69 Å². The van der Waals surface area contributed by atoms with Gasteiger partial charge < -0.3 is 10.4 Å². The lowest BCUT2D eigenvalue weighted by Crippen LogP contribution is -2.17. The van der Waals surface area contributed by atoms with E-state index in [0.29, 0.717) is 5.69 Å². The number of thioether (sulfide) groups is 1. The van der Waals surface area contributed by atoms with Gasteiger partial charge in [0.2, 0.25) is 5.91 Å². The Labute approximate surface area is 118 Å². The van der Waals surface area contributed by atoms with Gasteiger partial charge in [-0.05, 0) is 19.1 Å². The molecular formula is C12H12N4O3S. The van der Waals surface area contributed by atoms with Crippen LogP contribution in [0.1, 0.15) is 5.69 Å². The Morgan fingerprint density at radius 3 is 2.85 bits per heavy atom. The number of anilines is 1. The molecule has 20 heavy (non-hydrogen) atoms. The van der Waals surface area contributed by atoms with Gasteiger partial charge in [-0.1, -0.05) is 23.9 Å². The van der Waals surface area contributed by atoms with Crippen LogP contribution in [-0.4, -0.2) is 31.9 Å². The van der Waals surface area contributed by atoms with Gasteiger partial charge in [-0.2, -0.15) is 0 Å². The normalized spacial score (nSPS) is 10.2. The predicted molar refractivity (Wildman–Crippen MR) is 74.9 cm³/mol. The molecule has 2 rings (SSSR count). The van der Waals surface area contributed by atoms with Crippen LogP contribution >= 0.6 is 11.8 Å². The lowest BCUT2D eigenvalue weighted by Gasteiger charge is -2.06. The van der Waals surface area contributed by atoms with Crippen LogP contribution in [0.2, 0.25) is 0 Å². The first-order chi connectivity index (χ1) is 9.56. The number of rotatable bonds is 4. The second kappa shape index (κ2) is 6.20. The van der Waals surface area contributed by atoms with Crippen LogP contribution in [0.15, 0.2) is 34.2 Å². The molecule has 8 heteroatoms. The summed E-state index contributed by atoms with van der Waals surface area (Å²) in [5.41, 5.74) is 0.276. The van der Waals surface area contributed by atoms with Gasteiger partial charge in [0, 0.05) is 0 Å². The van der Waals surface area contributed by atoms with Crippen LogP contribution in [0, 0.1) is 6.92 Å². The molecule has 1 amide bonds. The number of benzene rings is 1. The standard InChI is InChI=1S/C12H12N4O3S/c1-7-11(19)14-12(16-15-7)20-6-10(18)13-8-4-2-3-5-9(8)17/h2-5,17H,6H2,1H3,(H,13,18)(H,14,16,19). The third-order valence-electron chi connectivity index (χ3n) is 2.36. The fourth-order valence-corrected chi connectivity index (χ4v) is 1.95. The number of carbonyl (C=O) groups is 1. The van der Waals surface area contributed by atoms with Crippen LogP contribution < -0.4 is 10.9 Å². The summed E-state index contributed by atoms with van der Waals surface area (Å²) in [7, 11) is 0. The first-order valence-corrected chi connectivity index (χ1v) is 6.69.